The van der Waals surface area contributed by atoms with Crippen molar-refractivity contribution < 1.29 is 26.7 Å². The Kier molecular flexibility index (Phi) is 6.24. The van der Waals surface area contributed by atoms with E-state index in [1.165, 1.54) is 40.6 Å². The van der Waals surface area contributed by atoms with Gasteiger partial charge in [-0.15, -0.1) is 11.3 Å². The van der Waals surface area contributed by atoms with E-state index in [9.17, 15) is 26.7 Å². The highest BCUT2D eigenvalue weighted by atomic mass is 32.1. The van der Waals surface area contributed by atoms with Crippen molar-refractivity contribution in [3.63, 3.8) is 0 Å². The predicted octanol–water partition coefficient (Wildman–Crippen LogP) is 5.83. The Morgan fingerprint density at radius 3 is 2.39 bits per heavy atom. The van der Waals surface area contributed by atoms with Crippen molar-refractivity contribution >= 4 is 17.2 Å². The van der Waals surface area contributed by atoms with Crippen LogP contribution in [0.1, 0.15) is 33.6 Å². The first-order chi connectivity index (χ1) is 15.6. The van der Waals surface area contributed by atoms with Crippen LogP contribution >= 0.6 is 11.3 Å². The molecule has 3 heterocycles. The van der Waals surface area contributed by atoms with Gasteiger partial charge in [0.2, 0.25) is 0 Å². The van der Waals surface area contributed by atoms with Crippen molar-refractivity contribution in [3.8, 4) is 21.7 Å². The number of carbonyl (C=O) groups is 1. The van der Waals surface area contributed by atoms with Gasteiger partial charge >= 0.3 is 6.18 Å². The Bertz CT molecular complexity index is 1150. The number of nitrogens with two attached hydrogens (primary N) is 1. The lowest BCUT2D eigenvalue weighted by Crippen LogP contribution is -2.42. The fraction of sp³-hybridized carbons (Fsp3) is 0.304. The highest BCUT2D eigenvalue weighted by Gasteiger charge is 2.36. The van der Waals surface area contributed by atoms with Crippen LogP contribution in [-0.4, -0.2) is 34.8 Å². The number of nitrogens with zero attached hydrogens (tertiary/aromatic N) is 2. The van der Waals surface area contributed by atoms with Crippen LogP contribution in [0.15, 0.2) is 48.7 Å². The van der Waals surface area contributed by atoms with E-state index in [-0.39, 0.29) is 42.0 Å². The van der Waals surface area contributed by atoms with Gasteiger partial charge in [-0.2, -0.15) is 13.2 Å². The molecule has 1 fully saturated rings. The molecule has 0 aliphatic carbocycles. The maximum absolute atomic E-state index is 13.8. The maximum atomic E-state index is 13.8. The van der Waals surface area contributed by atoms with Crippen molar-refractivity contribution in [2.24, 2.45) is 5.73 Å². The van der Waals surface area contributed by atoms with Crippen LogP contribution < -0.4 is 5.73 Å². The number of hydrogen-bond acceptors (Lipinski definition) is 4. The summed E-state index contributed by atoms with van der Waals surface area (Å²) in [6, 6.07) is 10.2. The number of aromatic nitrogens is 1. The van der Waals surface area contributed by atoms with Crippen LogP contribution in [0.5, 0.6) is 0 Å². The smallest absolute Gasteiger partial charge is 0.338 e. The van der Waals surface area contributed by atoms with Crippen molar-refractivity contribution in [3.05, 3.63) is 64.7 Å². The molecule has 2 N–H and O–H groups in total. The topological polar surface area (TPSA) is 59.2 Å². The first-order valence-electron chi connectivity index (χ1n) is 10.2. The second kappa shape index (κ2) is 8.83. The fourth-order valence-corrected chi connectivity index (χ4v) is 4.62. The molecule has 4 nitrogen and oxygen atoms in total. The molecule has 0 atom stereocenters. The summed E-state index contributed by atoms with van der Waals surface area (Å²) in [5.41, 5.74) is 5.56. The van der Waals surface area contributed by atoms with Crippen molar-refractivity contribution in [2.45, 2.75) is 31.5 Å². The zero-order chi connectivity index (χ0) is 23.8. The van der Waals surface area contributed by atoms with Crippen LogP contribution in [0.25, 0.3) is 21.7 Å². The highest BCUT2D eigenvalue weighted by molar-refractivity contribution is 7.15. The van der Waals surface area contributed by atoms with Crippen LogP contribution in [0.4, 0.5) is 22.0 Å². The molecule has 0 unspecified atom stereocenters. The minimum atomic E-state index is -4.58. The number of rotatable bonds is 4. The summed E-state index contributed by atoms with van der Waals surface area (Å²) in [5, 5.41) is 0. The average molecular weight is 481 g/mol. The van der Waals surface area contributed by atoms with Gasteiger partial charge in [0.05, 0.1) is 16.8 Å². The normalized spacial score (nSPS) is 16.1. The molecule has 0 spiro atoms. The van der Waals surface area contributed by atoms with E-state index in [0.717, 1.165) is 10.9 Å². The van der Waals surface area contributed by atoms with E-state index >= 15 is 0 Å². The molecular weight excluding hydrogens is 461 g/mol. The molecule has 1 aromatic carbocycles. The number of halogens is 5. The lowest BCUT2D eigenvalue weighted by molar-refractivity contribution is -0.137. The summed E-state index contributed by atoms with van der Waals surface area (Å²) >= 11 is 1.21. The minimum absolute atomic E-state index is 0.0570. The standard InChI is InChI=1S/C23H20F5N3OS/c24-22(25)7-9-31(10-8-22)21(32)15-2-5-19(30-13-15)14-1-4-17(18(11-14)23(26,27)28)20-6-3-16(12-29)33-20/h1-6,11,13H,7-10,12,29H2. The Morgan fingerprint density at radius 1 is 1.09 bits per heavy atom. The van der Waals surface area contributed by atoms with Gasteiger partial charge in [0.1, 0.15) is 0 Å². The third-order valence-corrected chi connectivity index (χ3v) is 6.68. The third-order valence-electron chi connectivity index (χ3n) is 5.54. The maximum Gasteiger partial charge on any atom is 0.417 e. The molecule has 0 radical (unpaired) electrons. The van der Waals surface area contributed by atoms with Crippen LogP contribution in [0, 0.1) is 0 Å². The second-order valence-electron chi connectivity index (χ2n) is 7.81. The minimum Gasteiger partial charge on any atom is -0.338 e. The van der Waals surface area contributed by atoms with E-state index in [4.69, 9.17) is 5.73 Å². The molecule has 1 amide bonds. The van der Waals surface area contributed by atoms with Crippen molar-refractivity contribution in [1.82, 2.24) is 9.88 Å². The zero-order valence-corrected chi connectivity index (χ0v) is 18.1. The summed E-state index contributed by atoms with van der Waals surface area (Å²) < 4.78 is 68.1. The molecule has 0 saturated carbocycles. The molecule has 1 aliphatic rings. The summed E-state index contributed by atoms with van der Waals surface area (Å²) in [6.07, 6.45) is -4.11. The van der Waals surface area contributed by atoms with E-state index in [2.05, 4.69) is 4.98 Å². The first-order valence-corrected chi connectivity index (χ1v) is 11.0. The number of hydrogen-bond donors (Lipinski definition) is 1. The number of likely N-dealkylation sites (tertiary alicyclic amines) is 1. The Labute approximate surface area is 190 Å². The number of amides is 1. The summed E-state index contributed by atoms with van der Waals surface area (Å²) in [4.78, 5) is 19.3. The second-order valence-corrected chi connectivity index (χ2v) is 8.98. The number of piperidine rings is 1. The Morgan fingerprint density at radius 2 is 1.82 bits per heavy atom. The van der Waals surface area contributed by atoms with Gasteiger partial charge in [-0.25, -0.2) is 8.78 Å². The zero-order valence-electron chi connectivity index (χ0n) is 17.3. The van der Waals surface area contributed by atoms with Gasteiger partial charge in [0.15, 0.2) is 0 Å². The number of carbonyl (C=O) groups excluding carboxylic acids is 1. The number of benzene rings is 1. The fourth-order valence-electron chi connectivity index (χ4n) is 3.70. The van der Waals surface area contributed by atoms with Gasteiger partial charge < -0.3 is 10.6 Å². The predicted molar refractivity (Wildman–Crippen MR) is 116 cm³/mol. The molecule has 1 saturated heterocycles. The molecule has 3 aromatic rings. The van der Waals surface area contributed by atoms with Gasteiger partial charge in [0, 0.05) is 59.6 Å². The molecular formula is C23H20F5N3OS. The van der Waals surface area contributed by atoms with Gasteiger partial charge in [-0.3, -0.25) is 9.78 Å². The summed E-state index contributed by atoms with van der Waals surface area (Å²) in [5.74, 6) is -3.19. The monoisotopic (exact) mass is 481 g/mol. The molecule has 0 bridgehead atoms. The Balaban J connectivity index is 1.59. The lowest BCUT2D eigenvalue weighted by Gasteiger charge is -2.31. The quantitative estimate of drug-likeness (QED) is 0.478. The van der Waals surface area contributed by atoms with Gasteiger partial charge in [0.25, 0.3) is 11.8 Å². The van der Waals surface area contributed by atoms with E-state index in [1.54, 1.807) is 18.2 Å². The van der Waals surface area contributed by atoms with Crippen LogP contribution in [0.3, 0.4) is 0 Å². The lowest BCUT2D eigenvalue weighted by atomic mass is 10.00. The SMILES string of the molecule is NCc1ccc(-c2ccc(-c3ccc(C(=O)N4CCC(F)(F)CC4)cn3)cc2C(F)(F)F)s1. The average Bonchev–Trinajstić information content (AvgIpc) is 3.27. The van der Waals surface area contributed by atoms with E-state index in [0.29, 0.717) is 4.88 Å². The number of pyridine rings is 1. The Hall–Kier alpha value is -2.85. The summed E-state index contributed by atoms with van der Waals surface area (Å²) in [7, 11) is 0. The van der Waals surface area contributed by atoms with Crippen molar-refractivity contribution in [1.29, 1.82) is 0 Å². The van der Waals surface area contributed by atoms with E-state index in [1.807, 2.05) is 0 Å². The molecule has 2 aromatic heterocycles. The van der Waals surface area contributed by atoms with Gasteiger partial charge in [-0.1, -0.05) is 12.1 Å². The number of thiophene rings is 1. The first kappa shape index (κ1) is 23.3. The third kappa shape index (κ3) is 5.06. The van der Waals surface area contributed by atoms with Crippen LogP contribution in [0.2, 0.25) is 0 Å². The summed E-state index contributed by atoms with van der Waals surface area (Å²) in [6.45, 7) is 0.135. The van der Waals surface area contributed by atoms with Gasteiger partial charge in [-0.05, 0) is 30.3 Å². The number of alkyl halides is 5. The molecule has 174 valence electrons. The molecule has 4 rings (SSSR count). The van der Waals surface area contributed by atoms with Crippen LogP contribution in [-0.2, 0) is 12.7 Å². The highest BCUT2D eigenvalue weighted by Crippen LogP contribution is 2.41. The molecule has 10 heteroatoms. The van der Waals surface area contributed by atoms with Crippen molar-refractivity contribution in [2.75, 3.05) is 13.1 Å². The molecule has 1 aliphatic heterocycles. The van der Waals surface area contributed by atoms with E-state index < -0.39 is 36.4 Å². The molecule has 33 heavy (non-hydrogen) atoms. The largest absolute Gasteiger partial charge is 0.417 e.